The number of carbonyl (C=O) groups excluding carboxylic acids is 3. The van der Waals surface area contributed by atoms with Gasteiger partial charge in [0.25, 0.3) is 17.7 Å². The number of hydrogen-bond donors (Lipinski definition) is 1. The maximum absolute atomic E-state index is 12.9. The van der Waals surface area contributed by atoms with E-state index in [2.05, 4.69) is 10.3 Å². The molecule has 154 valence electrons. The Labute approximate surface area is 181 Å². The summed E-state index contributed by atoms with van der Waals surface area (Å²) < 4.78 is 0. The van der Waals surface area contributed by atoms with Gasteiger partial charge in [0.05, 0.1) is 17.7 Å². The number of fused-ring (bicyclic) bond motifs is 1. The minimum absolute atomic E-state index is 0. The third-order valence-corrected chi connectivity index (χ3v) is 5.07. The van der Waals surface area contributed by atoms with E-state index in [1.54, 1.807) is 47.6 Å². The molecule has 4 rings (SSSR count). The average Bonchev–Trinajstić information content (AvgIpc) is 2.93. The largest absolute Gasteiger partial charge is 0.333 e. The Morgan fingerprint density at radius 3 is 2.48 bits per heavy atom. The molecule has 0 saturated carbocycles. The normalized spacial score (nSPS) is 18.0. The monoisotopic (exact) mass is 436 g/mol. The summed E-state index contributed by atoms with van der Waals surface area (Å²) in [4.78, 5) is 45.2. The predicted octanol–water partition coefficient (Wildman–Crippen LogP) is 2.16. The van der Waals surface area contributed by atoms with Crippen molar-refractivity contribution in [2.45, 2.75) is 19.5 Å². The molecule has 1 N–H and O–H groups in total. The number of hydrogen-bond acceptors (Lipinski definition) is 5. The summed E-state index contributed by atoms with van der Waals surface area (Å²) in [6.45, 7) is 4.29. The Balaban J connectivity index is 0.00000150. The number of nitrogens with one attached hydrogen (secondary N) is 1. The fourth-order valence-electron chi connectivity index (χ4n) is 3.55. The van der Waals surface area contributed by atoms with Crippen molar-refractivity contribution < 1.29 is 14.4 Å². The lowest BCUT2D eigenvalue weighted by atomic mass is 10.0. The standard InChI is InChI=1S/C20H20N4O3.2ClH/c1-13-11-22-8-9-23(13)18(25)15-2-3-16-17(10-15)20(27)24(19(16)26)12-14-4-6-21-7-5-14;;/h2-7,10,13,22H,8-9,11-12H2,1H3;2*1H/t13-;;/m1../s1. The number of aromatic nitrogens is 1. The summed E-state index contributed by atoms with van der Waals surface area (Å²) >= 11 is 0. The van der Waals surface area contributed by atoms with Crippen molar-refractivity contribution in [2.75, 3.05) is 19.6 Å². The molecule has 1 atom stereocenters. The molecule has 0 radical (unpaired) electrons. The molecule has 7 nitrogen and oxygen atoms in total. The van der Waals surface area contributed by atoms with Crippen LogP contribution in [0.4, 0.5) is 0 Å². The quantitative estimate of drug-likeness (QED) is 0.745. The van der Waals surface area contributed by atoms with Gasteiger partial charge >= 0.3 is 0 Å². The Kier molecular flexibility index (Phi) is 7.35. The van der Waals surface area contributed by atoms with Crippen molar-refractivity contribution >= 4 is 42.5 Å². The van der Waals surface area contributed by atoms with E-state index in [9.17, 15) is 14.4 Å². The predicted molar refractivity (Wildman–Crippen MR) is 113 cm³/mol. The zero-order valence-corrected chi connectivity index (χ0v) is 17.5. The molecule has 1 fully saturated rings. The van der Waals surface area contributed by atoms with Crippen LogP contribution in [0.15, 0.2) is 42.7 Å². The molecule has 0 aliphatic carbocycles. The lowest BCUT2D eigenvalue weighted by molar-refractivity contribution is 0.0639. The van der Waals surface area contributed by atoms with Gasteiger partial charge in [-0.15, -0.1) is 24.8 Å². The minimum Gasteiger partial charge on any atom is -0.333 e. The van der Waals surface area contributed by atoms with Crippen LogP contribution in [0.25, 0.3) is 0 Å². The van der Waals surface area contributed by atoms with Crippen LogP contribution in [-0.2, 0) is 6.54 Å². The zero-order chi connectivity index (χ0) is 19.0. The highest BCUT2D eigenvalue weighted by atomic mass is 35.5. The van der Waals surface area contributed by atoms with Crippen LogP contribution in [0.3, 0.4) is 0 Å². The summed E-state index contributed by atoms with van der Waals surface area (Å²) in [6.07, 6.45) is 3.25. The highest BCUT2D eigenvalue weighted by molar-refractivity contribution is 6.22. The molecule has 1 saturated heterocycles. The van der Waals surface area contributed by atoms with E-state index in [-0.39, 0.29) is 55.1 Å². The maximum atomic E-state index is 12.9. The number of pyridine rings is 1. The van der Waals surface area contributed by atoms with Gasteiger partial charge in [0.2, 0.25) is 0 Å². The molecular weight excluding hydrogens is 415 g/mol. The summed E-state index contributed by atoms with van der Waals surface area (Å²) in [5, 5.41) is 3.25. The second-order valence-electron chi connectivity index (χ2n) is 6.86. The molecule has 2 aliphatic rings. The summed E-state index contributed by atoms with van der Waals surface area (Å²) in [6, 6.07) is 8.40. The molecule has 9 heteroatoms. The summed E-state index contributed by atoms with van der Waals surface area (Å²) in [7, 11) is 0. The molecule has 0 spiro atoms. The third-order valence-electron chi connectivity index (χ3n) is 5.07. The van der Waals surface area contributed by atoms with Gasteiger partial charge in [0.1, 0.15) is 0 Å². The number of carbonyl (C=O) groups is 3. The number of halogens is 2. The van der Waals surface area contributed by atoms with Gasteiger partial charge in [-0.2, -0.15) is 0 Å². The molecule has 2 aromatic rings. The Morgan fingerprint density at radius 2 is 1.79 bits per heavy atom. The Morgan fingerprint density at radius 1 is 1.10 bits per heavy atom. The van der Waals surface area contributed by atoms with Crippen molar-refractivity contribution in [3.05, 3.63) is 65.0 Å². The Bertz CT molecular complexity index is 923. The molecule has 0 bridgehead atoms. The number of benzene rings is 1. The van der Waals surface area contributed by atoms with Crippen LogP contribution in [0.1, 0.15) is 43.6 Å². The van der Waals surface area contributed by atoms with E-state index < -0.39 is 0 Å². The maximum Gasteiger partial charge on any atom is 0.261 e. The van der Waals surface area contributed by atoms with E-state index in [4.69, 9.17) is 0 Å². The van der Waals surface area contributed by atoms with Gasteiger partial charge in [-0.05, 0) is 42.8 Å². The van der Waals surface area contributed by atoms with Crippen molar-refractivity contribution in [1.82, 2.24) is 20.1 Å². The van der Waals surface area contributed by atoms with E-state index in [0.717, 1.165) is 18.7 Å². The minimum atomic E-state index is -0.366. The van der Waals surface area contributed by atoms with Crippen LogP contribution in [0, 0.1) is 0 Å². The highest BCUT2D eigenvalue weighted by Crippen LogP contribution is 2.26. The number of imide groups is 1. The van der Waals surface area contributed by atoms with Crippen molar-refractivity contribution in [3.8, 4) is 0 Å². The second kappa shape index (κ2) is 9.35. The number of nitrogens with zero attached hydrogens (tertiary/aromatic N) is 3. The number of rotatable bonds is 3. The zero-order valence-electron chi connectivity index (χ0n) is 15.8. The number of amides is 3. The first-order valence-corrected chi connectivity index (χ1v) is 8.97. The molecule has 1 aromatic carbocycles. The highest BCUT2D eigenvalue weighted by Gasteiger charge is 2.36. The van der Waals surface area contributed by atoms with Crippen LogP contribution in [0.5, 0.6) is 0 Å². The van der Waals surface area contributed by atoms with E-state index in [1.807, 2.05) is 6.92 Å². The fraction of sp³-hybridized carbons (Fsp3) is 0.300. The Hall–Kier alpha value is -2.48. The SMILES string of the molecule is C[C@@H]1CNCCN1C(=O)c1ccc2c(c1)C(=O)N(Cc1ccncc1)C2=O.Cl.Cl. The smallest absolute Gasteiger partial charge is 0.261 e. The van der Waals surface area contributed by atoms with Gasteiger partial charge < -0.3 is 10.2 Å². The molecule has 3 amide bonds. The van der Waals surface area contributed by atoms with Crippen molar-refractivity contribution in [1.29, 1.82) is 0 Å². The van der Waals surface area contributed by atoms with E-state index in [1.165, 1.54) is 4.90 Å². The van der Waals surface area contributed by atoms with Crippen molar-refractivity contribution in [3.63, 3.8) is 0 Å². The van der Waals surface area contributed by atoms with Crippen LogP contribution in [-0.4, -0.2) is 58.2 Å². The van der Waals surface area contributed by atoms with Gasteiger partial charge in [-0.3, -0.25) is 24.3 Å². The van der Waals surface area contributed by atoms with Crippen molar-refractivity contribution in [2.24, 2.45) is 0 Å². The fourth-order valence-corrected chi connectivity index (χ4v) is 3.55. The van der Waals surface area contributed by atoms with Crippen LogP contribution < -0.4 is 5.32 Å². The average molecular weight is 437 g/mol. The van der Waals surface area contributed by atoms with Crippen LogP contribution in [0.2, 0.25) is 0 Å². The second-order valence-corrected chi connectivity index (χ2v) is 6.86. The molecule has 0 unspecified atom stereocenters. The first-order chi connectivity index (χ1) is 13.1. The van der Waals surface area contributed by atoms with Gasteiger partial charge in [0, 0.05) is 43.6 Å². The molecule has 3 heterocycles. The first kappa shape index (κ1) is 22.8. The third kappa shape index (κ3) is 4.27. The lowest BCUT2D eigenvalue weighted by Crippen LogP contribution is -2.52. The number of piperazine rings is 1. The first-order valence-electron chi connectivity index (χ1n) is 8.97. The molecule has 2 aliphatic heterocycles. The van der Waals surface area contributed by atoms with E-state index in [0.29, 0.717) is 23.2 Å². The van der Waals surface area contributed by atoms with Gasteiger partial charge in [-0.25, -0.2) is 0 Å². The molecule has 29 heavy (non-hydrogen) atoms. The molecule has 1 aromatic heterocycles. The van der Waals surface area contributed by atoms with Gasteiger partial charge in [0.15, 0.2) is 0 Å². The summed E-state index contributed by atoms with van der Waals surface area (Å²) in [5.74, 6) is -0.809. The van der Waals surface area contributed by atoms with E-state index >= 15 is 0 Å². The lowest BCUT2D eigenvalue weighted by Gasteiger charge is -2.34. The van der Waals surface area contributed by atoms with Gasteiger partial charge in [-0.1, -0.05) is 0 Å². The molecular formula is C20H22Cl2N4O3. The summed E-state index contributed by atoms with van der Waals surface area (Å²) in [5.41, 5.74) is 1.90. The topological polar surface area (TPSA) is 82.6 Å². The van der Waals surface area contributed by atoms with Crippen LogP contribution >= 0.6 is 24.8 Å².